The first kappa shape index (κ1) is 22.8. The predicted octanol–water partition coefficient (Wildman–Crippen LogP) is 5.90. The summed E-state index contributed by atoms with van der Waals surface area (Å²) in [6.07, 6.45) is 4.57. The van der Waals surface area contributed by atoms with Crippen LogP contribution in [0.5, 0.6) is 0 Å². The molecule has 0 atom stereocenters. The second-order valence-corrected chi connectivity index (χ2v) is 9.95. The molecule has 2 aliphatic heterocycles. The fraction of sp³-hybridized carbons (Fsp3) is 0.241. The molecule has 36 heavy (non-hydrogen) atoms. The average Bonchev–Trinajstić information content (AvgIpc) is 3.32. The number of urea groups is 1. The van der Waals surface area contributed by atoms with Gasteiger partial charge in [-0.05, 0) is 54.2 Å². The van der Waals surface area contributed by atoms with Crippen molar-refractivity contribution < 1.29 is 4.79 Å². The molecule has 0 radical (unpaired) electrons. The molecule has 182 valence electrons. The van der Waals surface area contributed by atoms with Crippen molar-refractivity contribution in [3.63, 3.8) is 0 Å². The number of piperazine rings is 1. The highest BCUT2D eigenvalue weighted by atomic mass is 35.5. The number of halogens is 1. The van der Waals surface area contributed by atoms with E-state index in [-0.39, 0.29) is 6.03 Å². The van der Waals surface area contributed by atoms with E-state index >= 15 is 0 Å². The molecule has 6 nitrogen and oxygen atoms in total. The van der Waals surface area contributed by atoms with Gasteiger partial charge < -0.3 is 15.1 Å². The number of hydrogen-bond donors (Lipinski definition) is 1. The number of pyridine rings is 1. The Morgan fingerprint density at radius 2 is 1.69 bits per heavy atom. The van der Waals surface area contributed by atoms with Gasteiger partial charge in [0, 0.05) is 61.8 Å². The van der Waals surface area contributed by atoms with Gasteiger partial charge >= 0.3 is 6.03 Å². The van der Waals surface area contributed by atoms with Crippen molar-refractivity contribution in [2.45, 2.75) is 6.42 Å². The van der Waals surface area contributed by atoms with Crippen LogP contribution in [-0.2, 0) is 6.42 Å². The number of carbonyl (C=O) groups excluding carboxylic acids is 1. The number of likely N-dealkylation sites (N-methyl/N-ethyl adjacent to an activating group) is 1. The first-order chi connectivity index (χ1) is 17.6. The standard InChI is InChI=1S/C29H28ClN5O/c1-33-12-14-34(15-13-33)28-17-27-21(16-26(28)30)10-11-35(27)29(36)32-23-8-6-20(7-9-23)25-19-31-18-22-4-2-3-5-24(22)25/h2-9,16-19H,10-15H2,1H3,(H,32,36). The molecule has 1 fully saturated rings. The number of rotatable bonds is 3. The van der Waals surface area contributed by atoms with E-state index < -0.39 is 0 Å². The summed E-state index contributed by atoms with van der Waals surface area (Å²) in [5.41, 5.74) is 5.98. The SMILES string of the molecule is CN1CCN(c2cc3c(cc2Cl)CCN3C(=O)Nc2ccc(-c3cncc4ccccc34)cc2)CC1. The summed E-state index contributed by atoms with van der Waals surface area (Å²) >= 11 is 6.66. The molecule has 1 saturated heterocycles. The van der Waals surface area contributed by atoms with Crippen LogP contribution in [0.1, 0.15) is 5.56 Å². The first-order valence-electron chi connectivity index (χ1n) is 12.3. The van der Waals surface area contributed by atoms with E-state index in [4.69, 9.17) is 11.6 Å². The molecular formula is C29H28ClN5O. The predicted molar refractivity (Wildman–Crippen MR) is 148 cm³/mol. The summed E-state index contributed by atoms with van der Waals surface area (Å²) in [5.74, 6) is 0. The second-order valence-electron chi connectivity index (χ2n) is 9.54. The fourth-order valence-corrected chi connectivity index (χ4v) is 5.47. The topological polar surface area (TPSA) is 51.7 Å². The zero-order chi connectivity index (χ0) is 24.6. The monoisotopic (exact) mass is 497 g/mol. The Morgan fingerprint density at radius 3 is 2.50 bits per heavy atom. The molecule has 3 aromatic carbocycles. The third-order valence-corrected chi connectivity index (χ3v) is 7.55. The third kappa shape index (κ3) is 4.27. The minimum atomic E-state index is -0.125. The normalized spacial score (nSPS) is 15.8. The number of anilines is 3. The molecule has 3 heterocycles. The van der Waals surface area contributed by atoms with E-state index in [0.717, 1.165) is 82.1 Å². The van der Waals surface area contributed by atoms with Crippen molar-refractivity contribution >= 4 is 45.5 Å². The minimum absolute atomic E-state index is 0.125. The molecule has 1 aromatic heterocycles. The zero-order valence-electron chi connectivity index (χ0n) is 20.2. The number of nitrogens with one attached hydrogen (secondary N) is 1. The summed E-state index contributed by atoms with van der Waals surface area (Å²) in [6.45, 7) is 4.51. The average molecular weight is 498 g/mol. The summed E-state index contributed by atoms with van der Waals surface area (Å²) < 4.78 is 0. The maximum atomic E-state index is 13.3. The Hall–Kier alpha value is -3.61. The number of hydrogen-bond acceptors (Lipinski definition) is 4. The first-order valence-corrected chi connectivity index (χ1v) is 12.7. The van der Waals surface area contributed by atoms with E-state index in [9.17, 15) is 4.79 Å². The lowest BCUT2D eigenvalue weighted by atomic mass is 10.0. The van der Waals surface area contributed by atoms with Crippen LogP contribution >= 0.6 is 11.6 Å². The Kier molecular flexibility index (Phi) is 5.99. The van der Waals surface area contributed by atoms with Gasteiger partial charge in [0.15, 0.2) is 0 Å². The van der Waals surface area contributed by atoms with Crippen LogP contribution in [0.25, 0.3) is 21.9 Å². The quantitative estimate of drug-likeness (QED) is 0.383. The van der Waals surface area contributed by atoms with Crippen LogP contribution in [0.4, 0.5) is 21.9 Å². The number of fused-ring (bicyclic) bond motifs is 2. The lowest BCUT2D eigenvalue weighted by Crippen LogP contribution is -2.44. The molecule has 0 spiro atoms. The van der Waals surface area contributed by atoms with Crippen molar-refractivity contribution in [1.29, 1.82) is 0 Å². The Morgan fingerprint density at radius 1 is 0.917 bits per heavy atom. The van der Waals surface area contributed by atoms with Gasteiger partial charge in [-0.2, -0.15) is 0 Å². The van der Waals surface area contributed by atoms with Gasteiger partial charge in [-0.1, -0.05) is 48.0 Å². The third-order valence-electron chi connectivity index (χ3n) is 7.25. The minimum Gasteiger partial charge on any atom is -0.368 e. The summed E-state index contributed by atoms with van der Waals surface area (Å²) in [5, 5.41) is 6.11. The van der Waals surface area contributed by atoms with Gasteiger partial charge in [0.2, 0.25) is 0 Å². The molecule has 2 amide bonds. The highest BCUT2D eigenvalue weighted by Crippen LogP contribution is 2.38. The van der Waals surface area contributed by atoms with Crippen molar-refractivity contribution in [3.05, 3.63) is 83.6 Å². The van der Waals surface area contributed by atoms with E-state index in [1.54, 1.807) is 0 Å². The van der Waals surface area contributed by atoms with Gasteiger partial charge in [-0.15, -0.1) is 0 Å². The van der Waals surface area contributed by atoms with Crippen molar-refractivity contribution in [2.24, 2.45) is 0 Å². The van der Waals surface area contributed by atoms with E-state index in [1.807, 2.05) is 59.8 Å². The summed E-state index contributed by atoms with van der Waals surface area (Å²) in [7, 11) is 2.14. The largest absolute Gasteiger partial charge is 0.368 e. The molecule has 7 heteroatoms. The summed E-state index contributed by atoms with van der Waals surface area (Å²) in [6, 6.07) is 20.2. The molecule has 1 N–H and O–H groups in total. The van der Waals surface area contributed by atoms with E-state index in [1.165, 1.54) is 0 Å². The van der Waals surface area contributed by atoms with Crippen LogP contribution < -0.4 is 15.1 Å². The van der Waals surface area contributed by atoms with Gasteiger partial charge in [0.25, 0.3) is 0 Å². The number of carbonyl (C=O) groups is 1. The lowest BCUT2D eigenvalue weighted by Gasteiger charge is -2.35. The maximum absolute atomic E-state index is 13.3. The van der Waals surface area contributed by atoms with Crippen LogP contribution in [0.3, 0.4) is 0 Å². The van der Waals surface area contributed by atoms with Crippen LogP contribution in [-0.4, -0.2) is 55.7 Å². The van der Waals surface area contributed by atoms with Crippen molar-refractivity contribution in [1.82, 2.24) is 9.88 Å². The lowest BCUT2D eigenvalue weighted by molar-refractivity contribution is 0.257. The molecule has 0 saturated carbocycles. The molecule has 0 bridgehead atoms. The highest BCUT2D eigenvalue weighted by Gasteiger charge is 2.28. The van der Waals surface area contributed by atoms with Gasteiger partial charge in [-0.25, -0.2) is 4.79 Å². The summed E-state index contributed by atoms with van der Waals surface area (Å²) in [4.78, 5) is 24.1. The maximum Gasteiger partial charge on any atom is 0.326 e. The highest BCUT2D eigenvalue weighted by molar-refractivity contribution is 6.33. The van der Waals surface area contributed by atoms with Gasteiger partial charge in [0.1, 0.15) is 0 Å². The smallest absolute Gasteiger partial charge is 0.326 e. The number of aromatic nitrogens is 1. The number of benzene rings is 3. The number of nitrogens with zero attached hydrogens (tertiary/aromatic N) is 4. The van der Waals surface area contributed by atoms with E-state index in [0.29, 0.717) is 6.54 Å². The van der Waals surface area contributed by atoms with E-state index in [2.05, 4.69) is 45.3 Å². The van der Waals surface area contributed by atoms with Crippen LogP contribution in [0.15, 0.2) is 73.1 Å². The van der Waals surface area contributed by atoms with Crippen molar-refractivity contribution in [3.8, 4) is 11.1 Å². The van der Waals surface area contributed by atoms with Gasteiger partial charge in [0.05, 0.1) is 16.4 Å². The van der Waals surface area contributed by atoms with Crippen molar-refractivity contribution in [2.75, 3.05) is 54.9 Å². The molecule has 0 unspecified atom stereocenters. The molecular weight excluding hydrogens is 470 g/mol. The fourth-order valence-electron chi connectivity index (χ4n) is 5.17. The Bertz CT molecular complexity index is 1420. The van der Waals surface area contributed by atoms with Crippen LogP contribution in [0, 0.1) is 0 Å². The molecule has 0 aliphatic carbocycles. The molecule has 6 rings (SSSR count). The number of amides is 2. The van der Waals surface area contributed by atoms with Crippen LogP contribution in [0.2, 0.25) is 5.02 Å². The molecule has 4 aromatic rings. The second kappa shape index (κ2) is 9.45. The van der Waals surface area contributed by atoms with Gasteiger partial charge in [-0.3, -0.25) is 9.88 Å². The Labute approximate surface area is 216 Å². The Balaban J connectivity index is 1.21. The molecule has 2 aliphatic rings. The zero-order valence-corrected chi connectivity index (χ0v) is 21.0.